The van der Waals surface area contributed by atoms with E-state index >= 15 is 0 Å². The van der Waals surface area contributed by atoms with E-state index in [1.807, 2.05) is 36.4 Å². The normalized spacial score (nSPS) is 11.4. The van der Waals surface area contributed by atoms with Gasteiger partial charge in [0.05, 0.1) is 10.2 Å². The van der Waals surface area contributed by atoms with Crippen LogP contribution in [0.4, 0.5) is 0 Å². The number of hydrogen-bond acceptors (Lipinski definition) is 4. The van der Waals surface area contributed by atoms with Crippen molar-refractivity contribution in [1.29, 1.82) is 0 Å². The Morgan fingerprint density at radius 2 is 1.85 bits per heavy atom. The number of benzene rings is 3. The fourth-order valence-corrected chi connectivity index (χ4v) is 3.62. The van der Waals surface area contributed by atoms with Gasteiger partial charge in [-0.1, -0.05) is 48.5 Å². The minimum Gasteiger partial charge on any atom is -0.482 e. The third-order valence-corrected chi connectivity index (χ3v) is 4.95. The van der Waals surface area contributed by atoms with Gasteiger partial charge in [-0.25, -0.2) is 9.78 Å². The Hall–Kier alpha value is -3.18. The number of fused-ring (bicyclic) bond motifs is 3. The minimum atomic E-state index is -0.989. The maximum atomic E-state index is 10.5. The Morgan fingerprint density at radius 1 is 1.04 bits per heavy atom. The molecule has 0 saturated heterocycles. The van der Waals surface area contributed by atoms with Crippen LogP contribution in [-0.2, 0) is 4.79 Å². The highest BCUT2D eigenvalue weighted by atomic mass is 32.1. The van der Waals surface area contributed by atoms with Crippen LogP contribution >= 0.6 is 11.3 Å². The zero-order chi connectivity index (χ0) is 17.9. The summed E-state index contributed by atoms with van der Waals surface area (Å²) in [7, 11) is 0. The van der Waals surface area contributed by atoms with E-state index in [2.05, 4.69) is 24.3 Å². The highest BCUT2D eigenvalue weighted by molar-refractivity contribution is 7.19. The van der Waals surface area contributed by atoms with Gasteiger partial charge in [0.2, 0.25) is 0 Å². The fraction of sp³-hybridized carbons (Fsp3) is 0.0476. The molecule has 0 saturated carbocycles. The van der Waals surface area contributed by atoms with Crippen LogP contribution in [0.5, 0.6) is 5.75 Å². The average molecular weight is 361 g/mol. The van der Waals surface area contributed by atoms with Crippen LogP contribution in [0, 0.1) is 0 Å². The molecule has 0 amide bonds. The molecule has 0 aliphatic carbocycles. The van der Waals surface area contributed by atoms with Gasteiger partial charge in [-0.15, -0.1) is 11.3 Å². The summed E-state index contributed by atoms with van der Waals surface area (Å²) < 4.78 is 6.30. The first-order valence-corrected chi connectivity index (χ1v) is 8.92. The molecule has 1 N–H and O–H groups in total. The SMILES string of the molecule is O=C(O)COc1ccc(C=Cc2nc3c(ccc4ccccc43)s2)cc1. The van der Waals surface area contributed by atoms with E-state index in [-0.39, 0.29) is 6.61 Å². The predicted molar refractivity (Wildman–Crippen MR) is 106 cm³/mol. The quantitative estimate of drug-likeness (QED) is 0.538. The van der Waals surface area contributed by atoms with Gasteiger partial charge >= 0.3 is 5.97 Å². The highest BCUT2D eigenvalue weighted by Crippen LogP contribution is 2.30. The first-order chi connectivity index (χ1) is 12.7. The maximum absolute atomic E-state index is 10.5. The zero-order valence-corrected chi connectivity index (χ0v) is 14.6. The number of carbonyl (C=O) groups is 1. The molecule has 0 radical (unpaired) electrons. The number of hydrogen-bond donors (Lipinski definition) is 1. The molecule has 0 atom stereocenters. The lowest BCUT2D eigenvalue weighted by Crippen LogP contribution is -2.09. The maximum Gasteiger partial charge on any atom is 0.341 e. The van der Waals surface area contributed by atoms with Gasteiger partial charge in [0, 0.05) is 5.39 Å². The average Bonchev–Trinajstić information content (AvgIpc) is 3.09. The van der Waals surface area contributed by atoms with Crippen molar-refractivity contribution >= 4 is 50.4 Å². The fourth-order valence-electron chi connectivity index (χ4n) is 2.74. The van der Waals surface area contributed by atoms with Crippen molar-refractivity contribution in [1.82, 2.24) is 4.98 Å². The van der Waals surface area contributed by atoms with E-state index in [4.69, 9.17) is 14.8 Å². The van der Waals surface area contributed by atoms with Gasteiger partial charge in [-0.05, 0) is 35.2 Å². The summed E-state index contributed by atoms with van der Waals surface area (Å²) in [5, 5.41) is 11.9. The van der Waals surface area contributed by atoms with E-state index in [9.17, 15) is 4.79 Å². The van der Waals surface area contributed by atoms with Crippen molar-refractivity contribution in [2.45, 2.75) is 0 Å². The summed E-state index contributed by atoms with van der Waals surface area (Å²) in [5.41, 5.74) is 2.03. The van der Waals surface area contributed by atoms with Crippen LogP contribution < -0.4 is 4.74 Å². The summed E-state index contributed by atoms with van der Waals surface area (Å²) in [4.78, 5) is 15.3. The Kier molecular flexibility index (Phi) is 4.37. The van der Waals surface area contributed by atoms with Crippen LogP contribution in [0.1, 0.15) is 10.6 Å². The van der Waals surface area contributed by atoms with Gasteiger partial charge in [0.25, 0.3) is 0 Å². The molecule has 5 heteroatoms. The molecule has 128 valence electrons. The number of aliphatic carboxylic acids is 1. The van der Waals surface area contributed by atoms with Gasteiger partial charge < -0.3 is 9.84 Å². The molecule has 26 heavy (non-hydrogen) atoms. The van der Waals surface area contributed by atoms with Crippen molar-refractivity contribution in [3.63, 3.8) is 0 Å². The standard InChI is InChI=1S/C21H15NO3S/c23-20(24)13-25-16-9-5-14(6-10-16)7-12-19-22-21-17-4-2-1-3-15(17)8-11-18(21)26-19/h1-12H,13H2,(H,23,24). The molecule has 1 aromatic heterocycles. The molecule has 3 aromatic carbocycles. The van der Waals surface area contributed by atoms with Crippen molar-refractivity contribution in [2.24, 2.45) is 0 Å². The van der Waals surface area contributed by atoms with Crippen LogP contribution in [0.3, 0.4) is 0 Å². The molecule has 0 aliphatic rings. The summed E-state index contributed by atoms with van der Waals surface area (Å²) >= 11 is 1.66. The monoisotopic (exact) mass is 361 g/mol. The lowest BCUT2D eigenvalue weighted by molar-refractivity contribution is -0.139. The molecule has 4 nitrogen and oxygen atoms in total. The van der Waals surface area contributed by atoms with Gasteiger partial charge in [-0.2, -0.15) is 0 Å². The van der Waals surface area contributed by atoms with Gasteiger partial charge in [-0.3, -0.25) is 0 Å². The summed E-state index contributed by atoms with van der Waals surface area (Å²) in [6.45, 7) is -0.338. The summed E-state index contributed by atoms with van der Waals surface area (Å²) in [5.74, 6) is -0.451. The molecule has 0 unspecified atom stereocenters. The molecule has 0 bridgehead atoms. The first-order valence-electron chi connectivity index (χ1n) is 8.10. The number of carboxylic acids is 1. The highest BCUT2D eigenvalue weighted by Gasteiger charge is 2.05. The zero-order valence-electron chi connectivity index (χ0n) is 13.8. The Bertz CT molecular complexity index is 1110. The lowest BCUT2D eigenvalue weighted by atomic mass is 10.1. The Labute approximate surface area is 154 Å². The Morgan fingerprint density at radius 3 is 2.65 bits per heavy atom. The molecule has 1 heterocycles. The molecule has 0 aliphatic heterocycles. The predicted octanol–water partition coefficient (Wildman–Crippen LogP) is 5.08. The lowest BCUT2D eigenvalue weighted by Gasteiger charge is -2.02. The van der Waals surface area contributed by atoms with E-state index in [1.165, 1.54) is 15.5 Å². The van der Waals surface area contributed by atoms with E-state index in [1.54, 1.807) is 23.5 Å². The smallest absolute Gasteiger partial charge is 0.341 e. The van der Waals surface area contributed by atoms with Crippen LogP contribution in [0.2, 0.25) is 0 Å². The van der Waals surface area contributed by atoms with Crippen molar-refractivity contribution < 1.29 is 14.6 Å². The second-order valence-electron chi connectivity index (χ2n) is 5.77. The second-order valence-corrected chi connectivity index (χ2v) is 6.83. The Balaban J connectivity index is 1.56. The third-order valence-electron chi connectivity index (χ3n) is 3.96. The summed E-state index contributed by atoms with van der Waals surface area (Å²) in [6.07, 6.45) is 3.98. The largest absolute Gasteiger partial charge is 0.482 e. The summed E-state index contributed by atoms with van der Waals surface area (Å²) in [6, 6.07) is 19.8. The molecule has 0 fully saturated rings. The van der Waals surface area contributed by atoms with Crippen molar-refractivity contribution in [2.75, 3.05) is 6.61 Å². The molecular formula is C21H15NO3S. The van der Waals surface area contributed by atoms with Crippen LogP contribution in [-0.4, -0.2) is 22.7 Å². The van der Waals surface area contributed by atoms with Crippen molar-refractivity contribution in [3.8, 4) is 5.75 Å². The number of thiazole rings is 1. The number of ether oxygens (including phenoxy) is 1. The topological polar surface area (TPSA) is 59.4 Å². The van der Waals surface area contributed by atoms with E-state index in [0.717, 1.165) is 16.1 Å². The molecular weight excluding hydrogens is 346 g/mol. The number of rotatable bonds is 5. The van der Waals surface area contributed by atoms with Crippen molar-refractivity contribution in [3.05, 3.63) is 71.2 Å². The van der Waals surface area contributed by atoms with Crippen LogP contribution in [0.25, 0.3) is 33.1 Å². The third kappa shape index (κ3) is 3.43. The molecule has 0 spiro atoms. The van der Waals surface area contributed by atoms with Crippen LogP contribution in [0.15, 0.2) is 60.7 Å². The van der Waals surface area contributed by atoms with Gasteiger partial charge in [0.15, 0.2) is 6.61 Å². The van der Waals surface area contributed by atoms with E-state index < -0.39 is 5.97 Å². The minimum absolute atomic E-state index is 0.338. The molecule has 4 rings (SSSR count). The van der Waals surface area contributed by atoms with E-state index in [0.29, 0.717) is 5.75 Å². The number of nitrogens with zero attached hydrogens (tertiary/aromatic N) is 1. The first kappa shape index (κ1) is 16.3. The second kappa shape index (κ2) is 6.98. The number of carboxylic acid groups (broad SMARTS) is 1. The van der Waals surface area contributed by atoms with Gasteiger partial charge in [0.1, 0.15) is 10.8 Å². The number of aromatic nitrogens is 1. The molecule has 4 aromatic rings.